The van der Waals surface area contributed by atoms with E-state index in [0.717, 1.165) is 63.3 Å². The zero-order chi connectivity index (χ0) is 14.9. The number of ether oxygens (including phenoxy) is 1. The lowest BCUT2D eigenvalue weighted by molar-refractivity contribution is -0.142. The Labute approximate surface area is 130 Å². The number of amides is 1. The van der Waals surface area contributed by atoms with Crippen molar-refractivity contribution in [2.75, 3.05) is 19.7 Å². The molecule has 1 aromatic rings. The first kappa shape index (κ1) is 14.1. The highest BCUT2D eigenvalue weighted by atomic mass is 16.5. The van der Waals surface area contributed by atoms with Crippen molar-refractivity contribution >= 4 is 5.91 Å². The van der Waals surface area contributed by atoms with Crippen LogP contribution in [0.25, 0.3) is 0 Å². The fourth-order valence-corrected chi connectivity index (χ4v) is 3.67. The SMILES string of the molecule is O=C(C1CCCO1)N1CCCC1c1ncc2c(n1)CCNC2. The predicted molar refractivity (Wildman–Crippen MR) is 80.1 cm³/mol. The molecule has 2 fully saturated rings. The normalized spacial score (nSPS) is 27.9. The van der Waals surface area contributed by atoms with E-state index < -0.39 is 0 Å². The van der Waals surface area contributed by atoms with Crippen molar-refractivity contribution in [1.82, 2.24) is 20.2 Å². The third-order valence-electron chi connectivity index (χ3n) is 4.87. The molecular weight excluding hydrogens is 280 g/mol. The van der Waals surface area contributed by atoms with Crippen molar-refractivity contribution in [1.29, 1.82) is 0 Å². The summed E-state index contributed by atoms with van der Waals surface area (Å²) in [5.41, 5.74) is 2.32. The summed E-state index contributed by atoms with van der Waals surface area (Å²) in [5, 5.41) is 3.33. The second-order valence-corrected chi connectivity index (χ2v) is 6.32. The van der Waals surface area contributed by atoms with Crippen LogP contribution in [0, 0.1) is 0 Å². The summed E-state index contributed by atoms with van der Waals surface area (Å²) < 4.78 is 5.56. The van der Waals surface area contributed by atoms with Gasteiger partial charge in [-0.15, -0.1) is 0 Å². The van der Waals surface area contributed by atoms with Gasteiger partial charge < -0.3 is 15.0 Å². The van der Waals surface area contributed by atoms with E-state index >= 15 is 0 Å². The molecule has 1 N–H and O–H groups in total. The quantitative estimate of drug-likeness (QED) is 0.881. The number of aromatic nitrogens is 2. The van der Waals surface area contributed by atoms with Crippen molar-refractivity contribution in [3.8, 4) is 0 Å². The lowest BCUT2D eigenvalue weighted by Gasteiger charge is -2.27. The molecule has 0 saturated carbocycles. The molecule has 2 saturated heterocycles. The minimum atomic E-state index is -0.248. The molecule has 6 nitrogen and oxygen atoms in total. The molecule has 4 heterocycles. The Bertz CT molecular complexity index is 571. The molecule has 3 aliphatic heterocycles. The van der Waals surface area contributed by atoms with Gasteiger partial charge >= 0.3 is 0 Å². The molecule has 0 spiro atoms. The number of likely N-dealkylation sites (tertiary alicyclic amines) is 1. The molecule has 22 heavy (non-hydrogen) atoms. The van der Waals surface area contributed by atoms with Crippen LogP contribution >= 0.6 is 0 Å². The zero-order valence-electron chi connectivity index (χ0n) is 12.8. The minimum absolute atomic E-state index is 0.0249. The molecule has 0 bridgehead atoms. The van der Waals surface area contributed by atoms with E-state index in [0.29, 0.717) is 6.61 Å². The van der Waals surface area contributed by atoms with Crippen LogP contribution in [0.3, 0.4) is 0 Å². The Morgan fingerprint density at radius 3 is 3.18 bits per heavy atom. The van der Waals surface area contributed by atoms with Crippen LogP contribution in [0.2, 0.25) is 0 Å². The summed E-state index contributed by atoms with van der Waals surface area (Å²) in [6.45, 7) is 3.31. The smallest absolute Gasteiger partial charge is 0.252 e. The fourth-order valence-electron chi connectivity index (χ4n) is 3.67. The van der Waals surface area contributed by atoms with Gasteiger partial charge in [0, 0.05) is 50.1 Å². The summed E-state index contributed by atoms with van der Waals surface area (Å²) in [7, 11) is 0. The monoisotopic (exact) mass is 302 g/mol. The van der Waals surface area contributed by atoms with Gasteiger partial charge in [0.15, 0.2) is 5.82 Å². The van der Waals surface area contributed by atoms with Gasteiger partial charge in [0.05, 0.1) is 6.04 Å². The van der Waals surface area contributed by atoms with E-state index in [1.165, 1.54) is 5.56 Å². The minimum Gasteiger partial charge on any atom is -0.368 e. The zero-order valence-corrected chi connectivity index (χ0v) is 12.8. The van der Waals surface area contributed by atoms with Gasteiger partial charge in [-0.2, -0.15) is 0 Å². The van der Waals surface area contributed by atoms with Gasteiger partial charge in [-0.3, -0.25) is 4.79 Å². The Morgan fingerprint density at radius 1 is 1.36 bits per heavy atom. The Morgan fingerprint density at radius 2 is 2.32 bits per heavy atom. The van der Waals surface area contributed by atoms with Gasteiger partial charge in [-0.05, 0) is 25.7 Å². The number of hydrogen-bond donors (Lipinski definition) is 1. The first-order chi connectivity index (χ1) is 10.8. The number of carbonyl (C=O) groups excluding carboxylic acids is 1. The second-order valence-electron chi connectivity index (χ2n) is 6.32. The van der Waals surface area contributed by atoms with Crippen LogP contribution in [0.4, 0.5) is 0 Å². The first-order valence-electron chi connectivity index (χ1n) is 8.30. The van der Waals surface area contributed by atoms with Crippen LogP contribution in [0.15, 0.2) is 6.20 Å². The number of carbonyl (C=O) groups is 1. The number of rotatable bonds is 2. The molecule has 1 aromatic heterocycles. The molecule has 0 aliphatic carbocycles. The lowest BCUT2D eigenvalue weighted by Crippen LogP contribution is -2.39. The van der Waals surface area contributed by atoms with E-state index in [1.54, 1.807) is 0 Å². The Balaban J connectivity index is 1.56. The largest absolute Gasteiger partial charge is 0.368 e. The van der Waals surface area contributed by atoms with Gasteiger partial charge in [-0.1, -0.05) is 0 Å². The maximum atomic E-state index is 12.7. The van der Waals surface area contributed by atoms with Crippen LogP contribution in [0.1, 0.15) is 48.8 Å². The van der Waals surface area contributed by atoms with Gasteiger partial charge in [0.2, 0.25) is 0 Å². The van der Waals surface area contributed by atoms with E-state index in [9.17, 15) is 4.79 Å². The molecule has 6 heteroatoms. The number of nitrogens with zero attached hydrogens (tertiary/aromatic N) is 3. The number of hydrogen-bond acceptors (Lipinski definition) is 5. The fraction of sp³-hybridized carbons (Fsp3) is 0.688. The second kappa shape index (κ2) is 5.93. The molecule has 2 atom stereocenters. The Kier molecular flexibility index (Phi) is 3.80. The van der Waals surface area contributed by atoms with Gasteiger partial charge in [-0.25, -0.2) is 9.97 Å². The highest BCUT2D eigenvalue weighted by Gasteiger charge is 2.37. The standard InChI is InChI=1S/C16H22N4O2/c21-16(14-4-2-8-22-14)20-7-1-3-13(20)15-18-10-11-9-17-6-5-12(11)19-15/h10,13-14,17H,1-9H2. The molecule has 1 amide bonds. The molecule has 4 rings (SSSR count). The van der Waals surface area contributed by atoms with Crippen LogP contribution in [0.5, 0.6) is 0 Å². The first-order valence-corrected chi connectivity index (χ1v) is 8.30. The predicted octanol–water partition coefficient (Wildman–Crippen LogP) is 0.965. The van der Waals surface area contributed by atoms with Crippen molar-refractivity contribution in [2.45, 2.75) is 50.8 Å². The Hall–Kier alpha value is -1.53. The van der Waals surface area contributed by atoms with Crippen LogP contribution in [-0.4, -0.2) is 46.6 Å². The lowest BCUT2D eigenvalue weighted by atomic mass is 10.1. The van der Waals surface area contributed by atoms with Gasteiger partial charge in [0.25, 0.3) is 5.91 Å². The number of fused-ring (bicyclic) bond motifs is 1. The average molecular weight is 302 g/mol. The van der Waals surface area contributed by atoms with Gasteiger partial charge in [0.1, 0.15) is 6.10 Å². The average Bonchev–Trinajstić information content (AvgIpc) is 3.25. The van der Waals surface area contributed by atoms with Crippen LogP contribution < -0.4 is 5.32 Å². The molecule has 0 aromatic carbocycles. The van der Waals surface area contributed by atoms with Crippen molar-refractivity contribution in [3.63, 3.8) is 0 Å². The summed E-state index contributed by atoms with van der Waals surface area (Å²) in [6.07, 6.45) is 6.42. The summed E-state index contributed by atoms with van der Waals surface area (Å²) in [6, 6.07) is 0.0249. The molecule has 0 radical (unpaired) electrons. The molecule has 3 aliphatic rings. The van der Waals surface area contributed by atoms with E-state index in [4.69, 9.17) is 9.72 Å². The highest BCUT2D eigenvalue weighted by molar-refractivity contribution is 5.81. The third-order valence-corrected chi connectivity index (χ3v) is 4.87. The maximum Gasteiger partial charge on any atom is 0.252 e. The van der Waals surface area contributed by atoms with E-state index in [-0.39, 0.29) is 18.1 Å². The van der Waals surface area contributed by atoms with Crippen molar-refractivity contribution < 1.29 is 9.53 Å². The van der Waals surface area contributed by atoms with Crippen molar-refractivity contribution in [3.05, 3.63) is 23.3 Å². The molecular formula is C16H22N4O2. The number of nitrogens with one attached hydrogen (secondary N) is 1. The summed E-state index contributed by atoms with van der Waals surface area (Å²) >= 11 is 0. The maximum absolute atomic E-state index is 12.7. The molecule has 118 valence electrons. The van der Waals surface area contributed by atoms with E-state index in [2.05, 4.69) is 10.3 Å². The summed E-state index contributed by atoms with van der Waals surface area (Å²) in [5.74, 6) is 0.937. The summed E-state index contributed by atoms with van der Waals surface area (Å²) in [4.78, 5) is 23.9. The third kappa shape index (κ3) is 2.50. The van der Waals surface area contributed by atoms with Crippen LogP contribution in [-0.2, 0) is 22.5 Å². The van der Waals surface area contributed by atoms with E-state index in [1.807, 2.05) is 11.1 Å². The van der Waals surface area contributed by atoms with Crippen molar-refractivity contribution in [2.24, 2.45) is 0 Å². The highest BCUT2D eigenvalue weighted by Crippen LogP contribution is 2.32. The topological polar surface area (TPSA) is 67.3 Å². The molecule has 2 unspecified atom stereocenters.